The Balaban J connectivity index is 2.53. The van der Waals surface area contributed by atoms with Crippen LogP contribution in [0.25, 0.3) is 10.9 Å². The summed E-state index contributed by atoms with van der Waals surface area (Å²) in [5.41, 5.74) is 2.13. The van der Waals surface area contributed by atoms with Crippen molar-refractivity contribution in [3.63, 3.8) is 0 Å². The van der Waals surface area contributed by atoms with Crippen molar-refractivity contribution in [2.75, 3.05) is 7.11 Å². The Morgan fingerprint density at radius 1 is 1.44 bits per heavy atom. The van der Waals surface area contributed by atoms with Gasteiger partial charge in [-0.2, -0.15) is 0 Å². The van der Waals surface area contributed by atoms with Crippen LogP contribution in [0, 0.1) is 0 Å². The smallest absolute Gasteiger partial charge is 0.303 e. The van der Waals surface area contributed by atoms with Gasteiger partial charge in [0.05, 0.1) is 12.6 Å². The molecule has 1 aromatic carbocycles. The quantitative estimate of drug-likeness (QED) is 0.883. The van der Waals surface area contributed by atoms with Crippen LogP contribution >= 0.6 is 0 Å². The number of carboxylic acids is 1. The van der Waals surface area contributed by atoms with Crippen molar-refractivity contribution in [2.24, 2.45) is 0 Å². The monoisotopic (exact) mass is 247 g/mol. The Hall–Kier alpha value is -1.97. The van der Waals surface area contributed by atoms with Crippen LogP contribution in [0.2, 0.25) is 0 Å². The minimum Gasteiger partial charge on any atom is -0.496 e. The number of nitrogens with zero attached hydrogens (tertiary/aromatic N) is 1. The van der Waals surface area contributed by atoms with Crippen molar-refractivity contribution in [1.82, 2.24) is 4.57 Å². The second kappa shape index (κ2) is 5.12. The number of methoxy groups -OCH3 is 1. The third-order valence-electron chi connectivity index (χ3n) is 3.12. The minimum absolute atomic E-state index is 0.140. The van der Waals surface area contributed by atoms with Crippen LogP contribution in [0.15, 0.2) is 24.4 Å². The molecule has 1 N–H and O–H groups in total. The van der Waals surface area contributed by atoms with Crippen LogP contribution in [-0.4, -0.2) is 22.8 Å². The first-order valence-electron chi connectivity index (χ1n) is 6.04. The highest BCUT2D eigenvalue weighted by Crippen LogP contribution is 2.31. The van der Waals surface area contributed by atoms with Gasteiger partial charge in [-0.3, -0.25) is 4.79 Å². The van der Waals surface area contributed by atoms with Crippen molar-refractivity contribution in [3.8, 4) is 5.75 Å². The summed E-state index contributed by atoms with van der Waals surface area (Å²) in [6.07, 6.45) is 2.69. The van der Waals surface area contributed by atoms with Gasteiger partial charge in [0.1, 0.15) is 5.75 Å². The van der Waals surface area contributed by atoms with Gasteiger partial charge in [-0.15, -0.1) is 0 Å². The zero-order valence-electron chi connectivity index (χ0n) is 10.6. The van der Waals surface area contributed by atoms with E-state index in [4.69, 9.17) is 9.84 Å². The van der Waals surface area contributed by atoms with E-state index in [1.165, 1.54) is 0 Å². The normalized spacial score (nSPS) is 10.8. The van der Waals surface area contributed by atoms with Crippen molar-refractivity contribution in [1.29, 1.82) is 0 Å². The van der Waals surface area contributed by atoms with Crippen molar-refractivity contribution in [3.05, 3.63) is 30.0 Å². The fourth-order valence-electron chi connectivity index (χ4n) is 2.27. The van der Waals surface area contributed by atoms with Crippen LogP contribution in [0.3, 0.4) is 0 Å². The first-order valence-corrected chi connectivity index (χ1v) is 6.04. The topological polar surface area (TPSA) is 51.5 Å². The van der Waals surface area contributed by atoms with E-state index in [-0.39, 0.29) is 6.42 Å². The number of carboxylic acid groups (broad SMARTS) is 1. The molecule has 2 rings (SSSR count). The van der Waals surface area contributed by atoms with Crippen LogP contribution < -0.4 is 4.74 Å². The van der Waals surface area contributed by atoms with E-state index in [1.807, 2.05) is 24.4 Å². The first-order chi connectivity index (χ1) is 8.67. The van der Waals surface area contributed by atoms with Crippen LogP contribution in [0.5, 0.6) is 5.75 Å². The number of aliphatic carboxylic acids is 1. The van der Waals surface area contributed by atoms with Gasteiger partial charge in [-0.1, -0.05) is 6.07 Å². The van der Waals surface area contributed by atoms with E-state index in [0.717, 1.165) is 28.8 Å². The van der Waals surface area contributed by atoms with E-state index in [0.29, 0.717) is 6.42 Å². The molecule has 0 aliphatic rings. The van der Waals surface area contributed by atoms with E-state index in [9.17, 15) is 4.79 Å². The average Bonchev–Trinajstić information content (AvgIpc) is 2.74. The molecule has 0 spiro atoms. The summed E-state index contributed by atoms with van der Waals surface area (Å²) in [6, 6.07) is 5.90. The molecule has 0 saturated heterocycles. The summed E-state index contributed by atoms with van der Waals surface area (Å²) in [7, 11) is 1.64. The molecule has 0 fully saturated rings. The summed E-state index contributed by atoms with van der Waals surface area (Å²) in [5, 5.41) is 9.83. The lowest BCUT2D eigenvalue weighted by Gasteiger charge is -2.04. The van der Waals surface area contributed by atoms with Gasteiger partial charge in [0, 0.05) is 24.5 Å². The number of rotatable bonds is 5. The highest BCUT2D eigenvalue weighted by atomic mass is 16.5. The third-order valence-corrected chi connectivity index (χ3v) is 3.12. The maximum Gasteiger partial charge on any atom is 0.303 e. The van der Waals surface area contributed by atoms with Gasteiger partial charge in [0.15, 0.2) is 0 Å². The summed E-state index contributed by atoms with van der Waals surface area (Å²) in [4.78, 5) is 10.7. The number of benzene rings is 1. The Morgan fingerprint density at radius 3 is 2.83 bits per heavy atom. The van der Waals surface area contributed by atoms with Crippen LogP contribution in [0.1, 0.15) is 18.9 Å². The molecule has 96 valence electrons. The molecule has 0 aliphatic heterocycles. The van der Waals surface area contributed by atoms with Gasteiger partial charge in [0.2, 0.25) is 0 Å². The molecule has 0 radical (unpaired) electrons. The summed E-state index contributed by atoms with van der Waals surface area (Å²) < 4.78 is 7.49. The number of ether oxygens (including phenoxy) is 1. The van der Waals surface area contributed by atoms with Gasteiger partial charge in [-0.25, -0.2) is 0 Å². The molecule has 0 aliphatic carbocycles. The Morgan fingerprint density at radius 2 is 2.22 bits per heavy atom. The lowest BCUT2D eigenvalue weighted by Crippen LogP contribution is -1.97. The van der Waals surface area contributed by atoms with E-state index in [1.54, 1.807) is 7.11 Å². The lowest BCUT2D eigenvalue weighted by atomic mass is 10.1. The second-order valence-corrected chi connectivity index (χ2v) is 4.19. The van der Waals surface area contributed by atoms with Gasteiger partial charge in [-0.05, 0) is 31.0 Å². The van der Waals surface area contributed by atoms with E-state index < -0.39 is 5.97 Å². The molecule has 0 atom stereocenters. The Bertz CT molecular complexity index is 572. The fraction of sp³-hybridized carbons (Fsp3) is 0.357. The molecule has 1 heterocycles. The molecule has 4 heteroatoms. The SMILES string of the molecule is CCn1cc(CCC(=O)O)c2c(OC)cccc21. The fourth-order valence-corrected chi connectivity index (χ4v) is 2.27. The van der Waals surface area contributed by atoms with Crippen molar-refractivity contribution >= 4 is 16.9 Å². The first kappa shape index (κ1) is 12.5. The largest absolute Gasteiger partial charge is 0.496 e. The predicted molar refractivity (Wildman–Crippen MR) is 70.1 cm³/mol. The number of hydrogen-bond acceptors (Lipinski definition) is 2. The number of fused-ring (bicyclic) bond motifs is 1. The molecule has 18 heavy (non-hydrogen) atoms. The Labute approximate surface area is 106 Å². The molecule has 2 aromatic rings. The number of aromatic nitrogens is 1. The van der Waals surface area contributed by atoms with E-state index >= 15 is 0 Å². The minimum atomic E-state index is -0.776. The maximum absolute atomic E-state index is 10.7. The molecular formula is C14H17NO3. The zero-order chi connectivity index (χ0) is 13.1. The van der Waals surface area contributed by atoms with Crippen LogP contribution in [-0.2, 0) is 17.8 Å². The van der Waals surface area contributed by atoms with Gasteiger partial charge in [0.25, 0.3) is 0 Å². The molecule has 0 saturated carbocycles. The summed E-state index contributed by atoms with van der Waals surface area (Å²) in [6.45, 7) is 2.93. The lowest BCUT2D eigenvalue weighted by molar-refractivity contribution is -0.136. The predicted octanol–water partition coefficient (Wildman–Crippen LogP) is 2.69. The molecule has 1 aromatic heterocycles. The van der Waals surface area contributed by atoms with Gasteiger partial charge >= 0.3 is 5.97 Å². The molecule has 0 unspecified atom stereocenters. The molecular weight excluding hydrogens is 230 g/mol. The third kappa shape index (κ3) is 2.18. The highest BCUT2D eigenvalue weighted by Gasteiger charge is 2.13. The van der Waals surface area contributed by atoms with Crippen molar-refractivity contribution in [2.45, 2.75) is 26.3 Å². The van der Waals surface area contributed by atoms with Crippen molar-refractivity contribution < 1.29 is 14.6 Å². The molecule has 0 bridgehead atoms. The second-order valence-electron chi connectivity index (χ2n) is 4.19. The standard InChI is InChI=1S/C14H17NO3/c1-3-15-9-10(7-8-13(16)17)14-11(15)5-4-6-12(14)18-2/h4-6,9H,3,7-8H2,1-2H3,(H,16,17). The van der Waals surface area contributed by atoms with Gasteiger partial charge < -0.3 is 14.4 Å². The summed E-state index contributed by atoms with van der Waals surface area (Å²) >= 11 is 0. The average molecular weight is 247 g/mol. The zero-order valence-corrected chi connectivity index (χ0v) is 10.6. The molecule has 4 nitrogen and oxygen atoms in total. The highest BCUT2D eigenvalue weighted by molar-refractivity contribution is 5.90. The Kier molecular flexibility index (Phi) is 3.55. The van der Waals surface area contributed by atoms with Crippen LogP contribution in [0.4, 0.5) is 0 Å². The number of carbonyl (C=O) groups is 1. The van der Waals surface area contributed by atoms with E-state index in [2.05, 4.69) is 11.5 Å². The maximum atomic E-state index is 10.7. The summed E-state index contributed by atoms with van der Waals surface area (Å²) in [5.74, 6) is 0.0300. The number of hydrogen-bond donors (Lipinski definition) is 1. The number of aryl methyl sites for hydroxylation is 2. The molecule has 0 amide bonds.